The number of unbranched alkanes of at least 4 members (excludes halogenated alkanes) is 2. The van der Waals surface area contributed by atoms with Crippen molar-refractivity contribution in [2.24, 2.45) is 0 Å². The van der Waals surface area contributed by atoms with Crippen molar-refractivity contribution in [2.45, 2.75) is 32.6 Å². The number of halogens is 1. The first-order chi connectivity index (χ1) is 11.2. The molecule has 0 N–H and O–H groups in total. The van der Waals surface area contributed by atoms with Crippen LogP contribution in [-0.4, -0.2) is 9.55 Å². The molecular weight excluding hydrogens is 352 g/mol. The second-order valence-electron chi connectivity index (χ2n) is 5.62. The van der Waals surface area contributed by atoms with Crippen LogP contribution in [0.3, 0.4) is 0 Å². The highest BCUT2D eigenvalue weighted by Gasteiger charge is 2.12. The van der Waals surface area contributed by atoms with Crippen molar-refractivity contribution in [3.8, 4) is 5.69 Å². The Morgan fingerprint density at radius 3 is 2.52 bits per heavy atom. The fraction of sp³-hybridized carbons (Fsp3) is 0.263. The average Bonchev–Trinajstić information content (AvgIpc) is 2.57. The number of benzene rings is 2. The van der Waals surface area contributed by atoms with E-state index in [0.29, 0.717) is 5.39 Å². The third-order valence-electron chi connectivity index (χ3n) is 3.93. The van der Waals surface area contributed by atoms with Crippen LogP contribution in [0.4, 0.5) is 0 Å². The van der Waals surface area contributed by atoms with Gasteiger partial charge in [-0.25, -0.2) is 4.98 Å². The van der Waals surface area contributed by atoms with E-state index in [1.807, 2.05) is 48.5 Å². The summed E-state index contributed by atoms with van der Waals surface area (Å²) < 4.78 is 2.75. The Kier molecular flexibility index (Phi) is 4.91. The van der Waals surface area contributed by atoms with Crippen LogP contribution in [0.15, 0.2) is 57.8 Å². The van der Waals surface area contributed by atoms with Crippen LogP contribution in [0.5, 0.6) is 0 Å². The van der Waals surface area contributed by atoms with Crippen molar-refractivity contribution >= 4 is 26.8 Å². The predicted octanol–water partition coefficient (Wildman–Crippen LogP) is 4.88. The summed E-state index contributed by atoms with van der Waals surface area (Å²) in [6, 6.07) is 15.4. The van der Waals surface area contributed by atoms with E-state index in [-0.39, 0.29) is 5.56 Å². The number of para-hydroxylation sites is 1. The first-order valence-electron chi connectivity index (χ1n) is 7.97. The molecule has 3 nitrogen and oxygen atoms in total. The van der Waals surface area contributed by atoms with Gasteiger partial charge in [-0.1, -0.05) is 47.8 Å². The lowest BCUT2D eigenvalue weighted by Crippen LogP contribution is -2.24. The molecule has 0 spiro atoms. The molecule has 23 heavy (non-hydrogen) atoms. The Bertz CT molecular complexity index is 869. The van der Waals surface area contributed by atoms with Gasteiger partial charge in [0.05, 0.1) is 16.6 Å². The number of fused-ring (bicyclic) bond motifs is 1. The molecule has 1 aromatic heterocycles. The second-order valence-corrected chi connectivity index (χ2v) is 6.53. The molecule has 0 radical (unpaired) electrons. The van der Waals surface area contributed by atoms with E-state index < -0.39 is 0 Å². The molecule has 0 fully saturated rings. The number of hydrogen-bond acceptors (Lipinski definition) is 2. The number of rotatable bonds is 5. The van der Waals surface area contributed by atoms with Gasteiger partial charge in [0.15, 0.2) is 0 Å². The second kappa shape index (κ2) is 7.09. The summed E-state index contributed by atoms with van der Waals surface area (Å²) in [4.78, 5) is 17.7. The van der Waals surface area contributed by atoms with Gasteiger partial charge in [-0.2, -0.15) is 0 Å². The zero-order valence-corrected chi connectivity index (χ0v) is 14.7. The van der Waals surface area contributed by atoms with E-state index in [1.165, 1.54) is 0 Å². The lowest BCUT2D eigenvalue weighted by atomic mass is 10.1. The molecule has 118 valence electrons. The number of nitrogens with zero attached hydrogens (tertiary/aromatic N) is 2. The van der Waals surface area contributed by atoms with Gasteiger partial charge in [0.1, 0.15) is 5.82 Å². The monoisotopic (exact) mass is 370 g/mol. The summed E-state index contributed by atoms with van der Waals surface area (Å²) in [7, 11) is 0. The molecule has 1 heterocycles. The fourth-order valence-corrected chi connectivity index (χ4v) is 3.00. The van der Waals surface area contributed by atoms with Gasteiger partial charge in [-0.05, 0) is 42.8 Å². The number of hydrogen-bond donors (Lipinski definition) is 0. The van der Waals surface area contributed by atoms with Gasteiger partial charge >= 0.3 is 0 Å². The first kappa shape index (κ1) is 15.9. The molecule has 2 aromatic carbocycles. The molecule has 0 saturated carbocycles. The van der Waals surface area contributed by atoms with Gasteiger partial charge < -0.3 is 0 Å². The molecule has 0 saturated heterocycles. The molecule has 3 rings (SSSR count). The lowest BCUT2D eigenvalue weighted by Gasteiger charge is -2.13. The van der Waals surface area contributed by atoms with Crippen LogP contribution < -0.4 is 5.56 Å². The summed E-state index contributed by atoms with van der Waals surface area (Å²) in [6.45, 7) is 2.18. The Hall–Kier alpha value is -1.94. The zero-order valence-electron chi connectivity index (χ0n) is 13.1. The molecule has 0 unspecified atom stereocenters. The topological polar surface area (TPSA) is 34.9 Å². The van der Waals surface area contributed by atoms with Crippen LogP contribution in [0.25, 0.3) is 16.6 Å². The third-order valence-corrected chi connectivity index (χ3v) is 4.46. The van der Waals surface area contributed by atoms with Gasteiger partial charge in [-0.3, -0.25) is 9.36 Å². The minimum Gasteiger partial charge on any atom is -0.268 e. The van der Waals surface area contributed by atoms with Gasteiger partial charge in [0.2, 0.25) is 0 Å². The third kappa shape index (κ3) is 3.37. The zero-order chi connectivity index (χ0) is 16.2. The van der Waals surface area contributed by atoms with Crippen molar-refractivity contribution in [1.82, 2.24) is 9.55 Å². The van der Waals surface area contributed by atoms with Crippen LogP contribution >= 0.6 is 15.9 Å². The lowest BCUT2D eigenvalue weighted by molar-refractivity contribution is 0.676. The molecule has 0 atom stereocenters. The standard InChI is InChI=1S/C19H19BrN2O/c1-2-3-4-9-18-21-17-8-6-5-7-16(17)19(23)22(18)15-12-10-14(20)11-13-15/h5-8,10-13H,2-4,9H2,1H3. The van der Waals surface area contributed by atoms with E-state index in [9.17, 15) is 4.79 Å². The largest absolute Gasteiger partial charge is 0.268 e. The number of aryl methyl sites for hydroxylation is 1. The summed E-state index contributed by atoms with van der Waals surface area (Å²) in [5.41, 5.74) is 1.64. The van der Waals surface area contributed by atoms with Gasteiger partial charge in [0.25, 0.3) is 5.56 Å². The maximum atomic E-state index is 13.0. The van der Waals surface area contributed by atoms with Crippen molar-refractivity contribution in [1.29, 1.82) is 0 Å². The van der Waals surface area contributed by atoms with E-state index in [2.05, 4.69) is 22.9 Å². The van der Waals surface area contributed by atoms with Crippen molar-refractivity contribution in [2.75, 3.05) is 0 Å². The summed E-state index contributed by atoms with van der Waals surface area (Å²) in [6.07, 6.45) is 4.14. The van der Waals surface area contributed by atoms with Crippen molar-refractivity contribution in [3.63, 3.8) is 0 Å². The normalized spacial score (nSPS) is 11.0. The maximum absolute atomic E-state index is 13.0. The molecule has 0 aliphatic carbocycles. The summed E-state index contributed by atoms with van der Waals surface area (Å²) in [5.74, 6) is 0.837. The Morgan fingerprint density at radius 2 is 1.78 bits per heavy atom. The minimum atomic E-state index is 0.00409. The van der Waals surface area contributed by atoms with Crippen LogP contribution in [0.1, 0.15) is 32.0 Å². The van der Waals surface area contributed by atoms with E-state index >= 15 is 0 Å². The predicted molar refractivity (Wildman–Crippen MR) is 98.3 cm³/mol. The Labute approximate surface area is 144 Å². The first-order valence-corrected chi connectivity index (χ1v) is 8.76. The Morgan fingerprint density at radius 1 is 1.04 bits per heavy atom. The molecule has 0 bridgehead atoms. The van der Waals surface area contributed by atoms with E-state index in [4.69, 9.17) is 4.98 Å². The van der Waals surface area contributed by atoms with E-state index in [0.717, 1.165) is 47.2 Å². The maximum Gasteiger partial charge on any atom is 0.265 e. The number of aromatic nitrogens is 2. The molecular formula is C19H19BrN2O. The van der Waals surface area contributed by atoms with Gasteiger partial charge in [0, 0.05) is 10.9 Å². The van der Waals surface area contributed by atoms with Crippen molar-refractivity contribution in [3.05, 3.63) is 69.2 Å². The quantitative estimate of drug-likeness (QED) is 0.599. The highest BCUT2D eigenvalue weighted by molar-refractivity contribution is 9.10. The Balaban J connectivity index is 2.19. The minimum absolute atomic E-state index is 0.00409. The molecule has 0 aliphatic heterocycles. The molecule has 0 amide bonds. The average molecular weight is 371 g/mol. The summed E-state index contributed by atoms with van der Waals surface area (Å²) in [5, 5.41) is 0.662. The summed E-state index contributed by atoms with van der Waals surface area (Å²) >= 11 is 3.44. The fourth-order valence-electron chi connectivity index (χ4n) is 2.74. The van der Waals surface area contributed by atoms with Crippen LogP contribution in [-0.2, 0) is 6.42 Å². The SMILES string of the molecule is CCCCCc1nc2ccccc2c(=O)n1-c1ccc(Br)cc1. The highest BCUT2D eigenvalue weighted by Crippen LogP contribution is 2.17. The van der Waals surface area contributed by atoms with Crippen LogP contribution in [0.2, 0.25) is 0 Å². The molecule has 3 aromatic rings. The highest BCUT2D eigenvalue weighted by atomic mass is 79.9. The van der Waals surface area contributed by atoms with Gasteiger partial charge in [-0.15, -0.1) is 0 Å². The smallest absolute Gasteiger partial charge is 0.265 e. The van der Waals surface area contributed by atoms with Crippen LogP contribution in [0, 0.1) is 0 Å². The molecule has 0 aliphatic rings. The van der Waals surface area contributed by atoms with Crippen molar-refractivity contribution < 1.29 is 0 Å². The van der Waals surface area contributed by atoms with E-state index in [1.54, 1.807) is 4.57 Å². The molecule has 4 heteroatoms.